The number of aryl methyl sites for hydroxylation is 1. The molecule has 1 aromatic heterocycles. The van der Waals surface area contributed by atoms with Crippen LogP contribution in [0.5, 0.6) is 0 Å². The zero-order chi connectivity index (χ0) is 12.3. The highest BCUT2D eigenvalue weighted by Crippen LogP contribution is 2.32. The summed E-state index contributed by atoms with van der Waals surface area (Å²) in [6, 6.07) is 2.83. The first-order chi connectivity index (χ1) is 8.22. The molecule has 0 aromatic carbocycles. The smallest absolute Gasteiger partial charge is 0.105 e. The Balaban J connectivity index is 1.84. The molecule has 2 atom stereocenters. The van der Waals surface area contributed by atoms with Crippen molar-refractivity contribution in [2.24, 2.45) is 5.92 Å². The molecule has 0 aliphatic heterocycles. The fourth-order valence-electron chi connectivity index (χ4n) is 2.66. The SMILES string of the molecule is CCNCC1CCC1N(C)Cc1ccoc1C. The zero-order valence-electron chi connectivity index (χ0n) is 11.2. The number of nitrogens with one attached hydrogen (secondary N) is 1. The number of hydrogen-bond donors (Lipinski definition) is 1. The van der Waals surface area contributed by atoms with E-state index in [4.69, 9.17) is 4.42 Å². The molecule has 1 heterocycles. The second-order valence-corrected chi connectivity index (χ2v) is 5.13. The van der Waals surface area contributed by atoms with Gasteiger partial charge >= 0.3 is 0 Å². The molecule has 0 amide bonds. The van der Waals surface area contributed by atoms with Gasteiger partial charge in [-0.15, -0.1) is 0 Å². The van der Waals surface area contributed by atoms with E-state index in [1.54, 1.807) is 6.26 Å². The van der Waals surface area contributed by atoms with Crippen molar-refractivity contribution in [3.63, 3.8) is 0 Å². The quantitative estimate of drug-likeness (QED) is 0.822. The van der Waals surface area contributed by atoms with Crippen molar-refractivity contribution in [2.75, 3.05) is 20.1 Å². The molecule has 3 heteroatoms. The van der Waals surface area contributed by atoms with E-state index in [0.717, 1.165) is 37.4 Å². The Morgan fingerprint density at radius 3 is 2.82 bits per heavy atom. The van der Waals surface area contributed by atoms with Crippen LogP contribution in [0, 0.1) is 12.8 Å². The molecular weight excluding hydrogens is 212 g/mol. The molecule has 0 bridgehead atoms. The first-order valence-corrected chi connectivity index (χ1v) is 6.66. The summed E-state index contributed by atoms with van der Waals surface area (Å²) >= 11 is 0. The molecule has 17 heavy (non-hydrogen) atoms. The zero-order valence-corrected chi connectivity index (χ0v) is 11.2. The van der Waals surface area contributed by atoms with Crippen LogP contribution in [-0.4, -0.2) is 31.1 Å². The fraction of sp³-hybridized carbons (Fsp3) is 0.714. The normalized spacial score (nSPS) is 24.0. The van der Waals surface area contributed by atoms with Crippen molar-refractivity contribution in [2.45, 2.75) is 39.3 Å². The van der Waals surface area contributed by atoms with E-state index in [2.05, 4.69) is 30.3 Å². The maximum absolute atomic E-state index is 5.35. The van der Waals surface area contributed by atoms with Gasteiger partial charge in [-0.2, -0.15) is 0 Å². The van der Waals surface area contributed by atoms with E-state index >= 15 is 0 Å². The van der Waals surface area contributed by atoms with Crippen LogP contribution in [0.2, 0.25) is 0 Å². The van der Waals surface area contributed by atoms with E-state index < -0.39 is 0 Å². The van der Waals surface area contributed by atoms with Gasteiger partial charge < -0.3 is 9.73 Å². The molecule has 0 saturated heterocycles. The van der Waals surface area contributed by atoms with Crippen molar-refractivity contribution < 1.29 is 4.42 Å². The lowest BCUT2D eigenvalue weighted by atomic mass is 9.78. The maximum atomic E-state index is 5.35. The van der Waals surface area contributed by atoms with Crippen LogP contribution < -0.4 is 5.32 Å². The average Bonchev–Trinajstić information content (AvgIpc) is 2.63. The molecule has 0 radical (unpaired) electrons. The second-order valence-electron chi connectivity index (χ2n) is 5.13. The Bertz CT molecular complexity index is 348. The van der Waals surface area contributed by atoms with Gasteiger partial charge in [-0.25, -0.2) is 0 Å². The summed E-state index contributed by atoms with van der Waals surface area (Å²) in [5.74, 6) is 1.88. The van der Waals surface area contributed by atoms with Gasteiger partial charge in [0.25, 0.3) is 0 Å². The van der Waals surface area contributed by atoms with Crippen LogP contribution in [0.4, 0.5) is 0 Å². The average molecular weight is 236 g/mol. The first kappa shape index (κ1) is 12.7. The molecule has 1 N–H and O–H groups in total. The molecule has 1 saturated carbocycles. The van der Waals surface area contributed by atoms with Gasteiger partial charge in [0.15, 0.2) is 0 Å². The number of furan rings is 1. The largest absolute Gasteiger partial charge is 0.469 e. The van der Waals surface area contributed by atoms with Crippen molar-refractivity contribution in [1.82, 2.24) is 10.2 Å². The summed E-state index contributed by atoms with van der Waals surface area (Å²) in [4.78, 5) is 2.48. The van der Waals surface area contributed by atoms with Crippen LogP contribution in [0.1, 0.15) is 31.1 Å². The van der Waals surface area contributed by atoms with E-state index in [0.29, 0.717) is 0 Å². The fourth-order valence-corrected chi connectivity index (χ4v) is 2.66. The van der Waals surface area contributed by atoms with Crippen molar-refractivity contribution in [1.29, 1.82) is 0 Å². The third-order valence-corrected chi connectivity index (χ3v) is 3.99. The minimum absolute atomic E-state index is 0.739. The molecule has 2 rings (SSSR count). The minimum Gasteiger partial charge on any atom is -0.469 e. The third kappa shape index (κ3) is 2.90. The van der Waals surface area contributed by atoms with Crippen LogP contribution in [0.25, 0.3) is 0 Å². The Morgan fingerprint density at radius 1 is 1.47 bits per heavy atom. The lowest BCUT2D eigenvalue weighted by Gasteiger charge is -2.43. The number of nitrogens with zero attached hydrogens (tertiary/aromatic N) is 1. The van der Waals surface area contributed by atoms with Gasteiger partial charge in [-0.3, -0.25) is 4.90 Å². The van der Waals surface area contributed by atoms with Gasteiger partial charge in [-0.05, 0) is 51.9 Å². The van der Waals surface area contributed by atoms with E-state index in [9.17, 15) is 0 Å². The summed E-state index contributed by atoms with van der Waals surface area (Å²) in [5.41, 5.74) is 1.32. The van der Waals surface area contributed by atoms with E-state index in [1.807, 2.05) is 6.92 Å². The van der Waals surface area contributed by atoms with Crippen LogP contribution >= 0.6 is 0 Å². The molecule has 1 aromatic rings. The second kappa shape index (κ2) is 5.69. The van der Waals surface area contributed by atoms with Gasteiger partial charge in [-0.1, -0.05) is 6.92 Å². The Kier molecular flexibility index (Phi) is 4.24. The van der Waals surface area contributed by atoms with Gasteiger partial charge in [0.1, 0.15) is 5.76 Å². The molecule has 0 spiro atoms. The Morgan fingerprint density at radius 2 is 2.29 bits per heavy atom. The van der Waals surface area contributed by atoms with Crippen molar-refractivity contribution in [3.8, 4) is 0 Å². The molecular formula is C14H24N2O. The summed E-state index contributed by atoms with van der Waals surface area (Å²) in [6.07, 6.45) is 4.49. The molecule has 3 nitrogen and oxygen atoms in total. The molecule has 96 valence electrons. The standard InChI is InChI=1S/C14H24N2O/c1-4-15-9-12-5-6-14(12)16(3)10-13-7-8-17-11(13)2/h7-8,12,14-15H,4-6,9-10H2,1-3H3. The van der Waals surface area contributed by atoms with E-state index in [1.165, 1.54) is 18.4 Å². The summed E-state index contributed by atoms with van der Waals surface area (Å²) in [6.45, 7) is 7.46. The van der Waals surface area contributed by atoms with Gasteiger partial charge in [0.05, 0.1) is 6.26 Å². The van der Waals surface area contributed by atoms with Crippen LogP contribution in [0.3, 0.4) is 0 Å². The van der Waals surface area contributed by atoms with Crippen molar-refractivity contribution >= 4 is 0 Å². The third-order valence-electron chi connectivity index (χ3n) is 3.99. The summed E-state index contributed by atoms with van der Waals surface area (Å²) in [7, 11) is 2.23. The Hall–Kier alpha value is -0.800. The highest BCUT2D eigenvalue weighted by atomic mass is 16.3. The Labute approximate surface area is 104 Å². The molecule has 1 fully saturated rings. The predicted molar refractivity (Wildman–Crippen MR) is 70.0 cm³/mol. The highest BCUT2D eigenvalue weighted by Gasteiger charge is 2.33. The summed E-state index contributed by atoms with van der Waals surface area (Å²) in [5, 5.41) is 3.46. The van der Waals surface area contributed by atoms with Crippen molar-refractivity contribution in [3.05, 3.63) is 23.7 Å². The first-order valence-electron chi connectivity index (χ1n) is 6.66. The highest BCUT2D eigenvalue weighted by molar-refractivity contribution is 5.15. The lowest BCUT2D eigenvalue weighted by Crippen LogP contribution is -2.48. The number of hydrogen-bond acceptors (Lipinski definition) is 3. The molecule has 2 unspecified atom stereocenters. The molecule has 1 aliphatic rings. The predicted octanol–water partition coefficient (Wildman–Crippen LogP) is 2.41. The maximum Gasteiger partial charge on any atom is 0.105 e. The van der Waals surface area contributed by atoms with E-state index in [-0.39, 0.29) is 0 Å². The topological polar surface area (TPSA) is 28.4 Å². The van der Waals surface area contributed by atoms with Gasteiger partial charge in [0, 0.05) is 18.2 Å². The monoisotopic (exact) mass is 236 g/mol. The lowest BCUT2D eigenvalue weighted by molar-refractivity contribution is 0.0781. The summed E-state index contributed by atoms with van der Waals surface area (Å²) < 4.78 is 5.35. The van der Waals surface area contributed by atoms with Crippen LogP contribution in [0.15, 0.2) is 16.7 Å². The number of rotatable bonds is 6. The van der Waals surface area contributed by atoms with Gasteiger partial charge in [0.2, 0.25) is 0 Å². The molecule has 1 aliphatic carbocycles. The van der Waals surface area contributed by atoms with Crippen LogP contribution in [-0.2, 0) is 6.54 Å². The minimum atomic E-state index is 0.739.